The highest BCUT2D eigenvalue weighted by Gasteiger charge is 2.12. The van der Waals surface area contributed by atoms with Crippen molar-refractivity contribution in [1.29, 1.82) is 0 Å². The quantitative estimate of drug-likeness (QED) is 0.618. The first-order valence-electron chi connectivity index (χ1n) is 3.62. The molecule has 0 unspecified atom stereocenters. The van der Waals surface area contributed by atoms with Crippen molar-refractivity contribution >= 4 is 0 Å². The highest BCUT2D eigenvalue weighted by Crippen LogP contribution is 2.32. The number of hydrogen-bond donors (Lipinski definition) is 3. The maximum atomic E-state index is 12.9. The van der Waals surface area contributed by atoms with Gasteiger partial charge in [0.05, 0.1) is 7.11 Å². The molecule has 0 spiro atoms. The molecule has 4 nitrogen and oxygen atoms in total. The summed E-state index contributed by atoms with van der Waals surface area (Å²) in [6, 6.07) is 2.52. The van der Waals surface area contributed by atoms with Gasteiger partial charge in [0.25, 0.3) is 0 Å². The van der Waals surface area contributed by atoms with E-state index in [1.165, 1.54) is 13.2 Å². The minimum Gasteiger partial charge on any atom is -0.504 e. The fourth-order valence-corrected chi connectivity index (χ4v) is 1.01. The van der Waals surface area contributed by atoms with Crippen LogP contribution in [0.25, 0.3) is 0 Å². The van der Waals surface area contributed by atoms with Crippen LogP contribution in [0.3, 0.4) is 0 Å². The largest absolute Gasteiger partial charge is 0.504 e. The van der Waals surface area contributed by atoms with Crippen LogP contribution in [-0.4, -0.2) is 17.4 Å². The third kappa shape index (κ3) is 1.88. The summed E-state index contributed by atoms with van der Waals surface area (Å²) < 4.78 is 17.5. The monoisotopic (exact) mass is 187 g/mol. The summed E-state index contributed by atoms with van der Waals surface area (Å²) in [4.78, 5) is 0. The summed E-state index contributed by atoms with van der Waals surface area (Å²) in [5, 5.41) is 17.8. The second kappa shape index (κ2) is 4.06. The standard InChI is InChI=1S/C8H10FNO3/c1-13-8-6(9)3-2-5(4-10-12)7(8)11/h2-3,10-12H,4H2,1H3. The lowest BCUT2D eigenvalue weighted by Gasteiger charge is -2.08. The average Bonchev–Trinajstić information content (AvgIpc) is 2.11. The summed E-state index contributed by atoms with van der Waals surface area (Å²) in [6.45, 7) is 0.0302. The number of hydroxylamine groups is 1. The van der Waals surface area contributed by atoms with E-state index in [1.807, 2.05) is 5.48 Å². The SMILES string of the molecule is COc1c(F)ccc(CNO)c1O. The molecule has 0 aliphatic rings. The molecule has 3 N–H and O–H groups in total. The van der Waals surface area contributed by atoms with Crippen molar-refractivity contribution in [1.82, 2.24) is 5.48 Å². The van der Waals surface area contributed by atoms with Crippen LogP contribution >= 0.6 is 0 Å². The number of ether oxygens (including phenoxy) is 1. The molecule has 0 atom stereocenters. The molecule has 0 saturated carbocycles. The van der Waals surface area contributed by atoms with Crippen molar-refractivity contribution in [2.24, 2.45) is 0 Å². The van der Waals surface area contributed by atoms with Crippen LogP contribution in [0.4, 0.5) is 4.39 Å². The summed E-state index contributed by atoms with van der Waals surface area (Å²) in [6.07, 6.45) is 0. The van der Waals surface area contributed by atoms with Crippen molar-refractivity contribution in [3.8, 4) is 11.5 Å². The lowest BCUT2D eigenvalue weighted by atomic mass is 10.2. The van der Waals surface area contributed by atoms with E-state index < -0.39 is 5.82 Å². The van der Waals surface area contributed by atoms with Crippen molar-refractivity contribution in [3.05, 3.63) is 23.5 Å². The van der Waals surface area contributed by atoms with E-state index in [4.69, 9.17) is 5.21 Å². The molecule has 0 radical (unpaired) electrons. The van der Waals surface area contributed by atoms with E-state index in [9.17, 15) is 9.50 Å². The van der Waals surface area contributed by atoms with Crippen LogP contribution in [0, 0.1) is 5.82 Å². The van der Waals surface area contributed by atoms with E-state index in [1.54, 1.807) is 0 Å². The zero-order valence-electron chi connectivity index (χ0n) is 7.04. The number of phenols is 1. The Balaban J connectivity index is 3.11. The van der Waals surface area contributed by atoms with Gasteiger partial charge in [0.2, 0.25) is 0 Å². The molecule has 0 aliphatic carbocycles. The number of halogens is 1. The highest BCUT2D eigenvalue weighted by atomic mass is 19.1. The Kier molecular flexibility index (Phi) is 3.05. The van der Waals surface area contributed by atoms with Gasteiger partial charge in [-0.1, -0.05) is 6.07 Å². The molecule has 0 amide bonds. The second-order valence-corrected chi connectivity index (χ2v) is 2.42. The van der Waals surface area contributed by atoms with Gasteiger partial charge in [0, 0.05) is 12.1 Å². The molecular formula is C8H10FNO3. The fraction of sp³-hybridized carbons (Fsp3) is 0.250. The van der Waals surface area contributed by atoms with Crippen LogP contribution < -0.4 is 10.2 Å². The Morgan fingerprint density at radius 2 is 2.23 bits per heavy atom. The third-order valence-electron chi connectivity index (χ3n) is 1.64. The molecule has 13 heavy (non-hydrogen) atoms. The lowest BCUT2D eigenvalue weighted by molar-refractivity contribution is 0.160. The van der Waals surface area contributed by atoms with Gasteiger partial charge in [-0.05, 0) is 6.07 Å². The molecule has 0 aliphatic heterocycles. The Labute approximate surface area is 74.5 Å². The molecule has 0 aromatic heterocycles. The molecule has 0 heterocycles. The fourth-order valence-electron chi connectivity index (χ4n) is 1.01. The van der Waals surface area contributed by atoms with Crippen LogP contribution in [0.2, 0.25) is 0 Å². The van der Waals surface area contributed by atoms with Gasteiger partial charge in [-0.15, -0.1) is 0 Å². The molecule has 0 bridgehead atoms. The van der Waals surface area contributed by atoms with Crippen LogP contribution in [0.5, 0.6) is 11.5 Å². The van der Waals surface area contributed by atoms with E-state index >= 15 is 0 Å². The van der Waals surface area contributed by atoms with E-state index in [0.717, 1.165) is 6.07 Å². The van der Waals surface area contributed by atoms with Crippen molar-refractivity contribution < 1.29 is 19.4 Å². The predicted octanol–water partition coefficient (Wildman–Crippen LogP) is 1.02. The van der Waals surface area contributed by atoms with Crippen LogP contribution in [0.1, 0.15) is 5.56 Å². The lowest BCUT2D eigenvalue weighted by Crippen LogP contribution is -2.06. The Morgan fingerprint density at radius 1 is 1.54 bits per heavy atom. The van der Waals surface area contributed by atoms with Gasteiger partial charge in [-0.25, -0.2) is 9.87 Å². The summed E-state index contributed by atoms with van der Waals surface area (Å²) in [5.74, 6) is -1.15. The molecular weight excluding hydrogens is 177 g/mol. The van der Waals surface area contributed by atoms with Crippen molar-refractivity contribution in [2.45, 2.75) is 6.54 Å². The van der Waals surface area contributed by atoms with Gasteiger partial charge < -0.3 is 15.1 Å². The van der Waals surface area contributed by atoms with Crippen molar-refractivity contribution in [3.63, 3.8) is 0 Å². The molecule has 1 rings (SSSR count). The summed E-state index contributed by atoms with van der Waals surface area (Å²) in [5.41, 5.74) is 2.22. The van der Waals surface area contributed by atoms with Crippen molar-refractivity contribution in [2.75, 3.05) is 7.11 Å². The molecule has 1 aromatic carbocycles. The molecule has 0 saturated heterocycles. The Morgan fingerprint density at radius 3 is 2.77 bits per heavy atom. The summed E-state index contributed by atoms with van der Waals surface area (Å²) in [7, 11) is 1.26. The number of hydrogen-bond acceptors (Lipinski definition) is 4. The number of nitrogens with one attached hydrogen (secondary N) is 1. The van der Waals surface area contributed by atoms with Gasteiger partial charge in [-0.3, -0.25) is 0 Å². The zero-order valence-corrected chi connectivity index (χ0v) is 7.04. The first-order valence-corrected chi connectivity index (χ1v) is 3.62. The maximum absolute atomic E-state index is 12.9. The first-order chi connectivity index (χ1) is 6.20. The minimum absolute atomic E-state index is 0.0302. The molecule has 72 valence electrons. The second-order valence-electron chi connectivity index (χ2n) is 2.42. The predicted molar refractivity (Wildman–Crippen MR) is 43.2 cm³/mol. The van der Waals surface area contributed by atoms with Gasteiger partial charge in [0.15, 0.2) is 17.3 Å². The van der Waals surface area contributed by atoms with Gasteiger partial charge >= 0.3 is 0 Å². The first kappa shape index (κ1) is 9.76. The van der Waals surface area contributed by atoms with E-state index in [2.05, 4.69) is 4.74 Å². The number of benzene rings is 1. The maximum Gasteiger partial charge on any atom is 0.196 e. The van der Waals surface area contributed by atoms with Gasteiger partial charge in [-0.2, -0.15) is 0 Å². The van der Waals surface area contributed by atoms with Crippen LogP contribution in [0.15, 0.2) is 12.1 Å². The normalized spacial score (nSPS) is 10.1. The van der Waals surface area contributed by atoms with E-state index in [0.29, 0.717) is 5.56 Å². The third-order valence-corrected chi connectivity index (χ3v) is 1.64. The average molecular weight is 187 g/mol. The van der Waals surface area contributed by atoms with Gasteiger partial charge in [0.1, 0.15) is 0 Å². The smallest absolute Gasteiger partial charge is 0.196 e. The molecule has 1 aromatic rings. The number of rotatable bonds is 3. The summed E-state index contributed by atoms with van der Waals surface area (Å²) >= 11 is 0. The molecule has 0 fully saturated rings. The Hall–Kier alpha value is -1.33. The Bertz CT molecular complexity index is 304. The number of aromatic hydroxyl groups is 1. The topological polar surface area (TPSA) is 61.7 Å². The number of methoxy groups -OCH3 is 1. The van der Waals surface area contributed by atoms with E-state index in [-0.39, 0.29) is 18.0 Å². The number of phenolic OH excluding ortho intramolecular Hbond substituents is 1. The van der Waals surface area contributed by atoms with Crippen LogP contribution in [-0.2, 0) is 6.54 Å². The molecule has 5 heteroatoms. The minimum atomic E-state index is -0.637. The highest BCUT2D eigenvalue weighted by molar-refractivity contribution is 5.46. The zero-order chi connectivity index (χ0) is 9.84.